The zero-order valence-electron chi connectivity index (χ0n) is 36.2. The van der Waals surface area contributed by atoms with Gasteiger partial charge in [-0.05, 0) is 150 Å². The third-order valence-corrected chi connectivity index (χ3v) is 12.8. The molecule has 7 aromatic carbocycles. The molecule has 0 radical (unpaired) electrons. The molecule has 0 fully saturated rings. The van der Waals surface area contributed by atoms with Crippen molar-refractivity contribution in [3.8, 4) is 22.3 Å². The molecule has 0 amide bonds. The van der Waals surface area contributed by atoms with Crippen LogP contribution >= 0.6 is 0 Å². The van der Waals surface area contributed by atoms with Crippen LogP contribution in [0.15, 0.2) is 254 Å². The molecule has 2 atom stereocenters. The molecule has 2 unspecified atom stereocenters. The van der Waals surface area contributed by atoms with Gasteiger partial charge in [0.15, 0.2) is 0 Å². The van der Waals surface area contributed by atoms with Crippen LogP contribution in [0, 0.1) is 0 Å². The average Bonchev–Trinajstić information content (AvgIpc) is 3.36. The quantitative estimate of drug-likeness (QED) is 0.140. The number of allylic oxidation sites excluding steroid dienone is 10. The molecule has 312 valence electrons. The van der Waals surface area contributed by atoms with Crippen LogP contribution in [0.3, 0.4) is 0 Å². The Bertz CT molecular complexity index is 2830. The van der Waals surface area contributed by atoms with Gasteiger partial charge < -0.3 is 15.1 Å². The molecule has 1 N–H and O–H groups in total. The van der Waals surface area contributed by atoms with Crippen molar-refractivity contribution < 1.29 is 0 Å². The Morgan fingerprint density at radius 1 is 0.453 bits per heavy atom. The number of rotatable bonds is 11. The highest BCUT2D eigenvalue weighted by Gasteiger charge is 2.22. The first kappa shape index (κ1) is 40.5. The molecule has 10 rings (SSSR count). The van der Waals surface area contributed by atoms with Gasteiger partial charge in [-0.15, -0.1) is 0 Å². The van der Waals surface area contributed by atoms with E-state index in [0.29, 0.717) is 5.92 Å². The van der Waals surface area contributed by atoms with Crippen molar-refractivity contribution in [1.29, 1.82) is 0 Å². The summed E-state index contributed by atoms with van der Waals surface area (Å²) < 4.78 is 0. The van der Waals surface area contributed by atoms with Crippen molar-refractivity contribution in [3.63, 3.8) is 0 Å². The van der Waals surface area contributed by atoms with E-state index in [4.69, 9.17) is 0 Å². The second-order valence-corrected chi connectivity index (χ2v) is 16.8. The van der Waals surface area contributed by atoms with E-state index >= 15 is 0 Å². The number of benzene rings is 7. The number of hydrogen-bond donors (Lipinski definition) is 1. The largest absolute Gasteiger partial charge is 0.384 e. The third kappa shape index (κ3) is 9.12. The van der Waals surface area contributed by atoms with Crippen LogP contribution in [-0.4, -0.2) is 0 Å². The summed E-state index contributed by atoms with van der Waals surface area (Å²) in [7, 11) is 0. The highest BCUT2D eigenvalue weighted by atomic mass is 15.2. The highest BCUT2D eigenvalue weighted by Crippen LogP contribution is 2.40. The molecular formula is C61H53N3. The minimum absolute atomic E-state index is 0.287. The maximum atomic E-state index is 3.60. The molecule has 0 bridgehead atoms. The lowest BCUT2D eigenvalue weighted by Crippen LogP contribution is -2.19. The van der Waals surface area contributed by atoms with E-state index in [1.54, 1.807) is 0 Å². The minimum atomic E-state index is 0.287. The van der Waals surface area contributed by atoms with Crippen molar-refractivity contribution in [2.45, 2.75) is 44.1 Å². The van der Waals surface area contributed by atoms with Gasteiger partial charge in [-0.2, -0.15) is 0 Å². The number of hydrogen-bond acceptors (Lipinski definition) is 3. The molecule has 0 aromatic heterocycles. The van der Waals surface area contributed by atoms with Gasteiger partial charge in [0.1, 0.15) is 0 Å². The number of nitrogens with zero attached hydrogens (tertiary/aromatic N) is 2. The van der Waals surface area contributed by atoms with Crippen molar-refractivity contribution in [3.05, 3.63) is 271 Å². The second kappa shape index (κ2) is 19.2. The SMILES string of the molecule is C1=CC(c2ccccc2)CC=C1N(c1ccc(C2=CC=C(N(c3ccc(-c4ccccc4)cc3)c3ccc(C4CC/C=C\C=C\N4)cc3)CC2)cc1)c1ccc(-c2ccccc2)cc1. The Labute approximate surface area is 379 Å². The molecule has 1 aliphatic heterocycles. The van der Waals surface area contributed by atoms with Gasteiger partial charge in [0, 0.05) is 40.1 Å². The lowest BCUT2D eigenvalue weighted by atomic mass is 9.91. The molecule has 0 saturated heterocycles. The predicted octanol–water partition coefficient (Wildman–Crippen LogP) is 16.2. The van der Waals surface area contributed by atoms with E-state index in [0.717, 1.165) is 49.2 Å². The summed E-state index contributed by atoms with van der Waals surface area (Å²) in [6.07, 6.45) is 25.2. The first-order valence-corrected chi connectivity index (χ1v) is 22.8. The minimum Gasteiger partial charge on any atom is -0.384 e. The molecule has 0 saturated carbocycles. The van der Waals surface area contributed by atoms with Crippen LogP contribution in [0.25, 0.3) is 27.8 Å². The number of anilines is 4. The topological polar surface area (TPSA) is 18.5 Å². The van der Waals surface area contributed by atoms with Crippen molar-refractivity contribution in [1.82, 2.24) is 5.32 Å². The first-order chi connectivity index (χ1) is 31.7. The molecule has 2 aliphatic carbocycles. The van der Waals surface area contributed by atoms with E-state index in [1.165, 1.54) is 61.6 Å². The Balaban J connectivity index is 0.934. The fraction of sp³-hybridized carbons (Fsp3) is 0.115. The van der Waals surface area contributed by atoms with Gasteiger partial charge in [0.05, 0.1) is 6.04 Å². The molecule has 0 spiro atoms. The van der Waals surface area contributed by atoms with Gasteiger partial charge in [-0.25, -0.2) is 0 Å². The van der Waals surface area contributed by atoms with Gasteiger partial charge >= 0.3 is 0 Å². The second-order valence-electron chi connectivity index (χ2n) is 16.8. The monoisotopic (exact) mass is 827 g/mol. The highest BCUT2D eigenvalue weighted by molar-refractivity contribution is 5.78. The Hall–Kier alpha value is -7.62. The summed E-state index contributed by atoms with van der Waals surface area (Å²) in [4.78, 5) is 4.84. The van der Waals surface area contributed by atoms with E-state index < -0.39 is 0 Å². The molecule has 3 aliphatic rings. The normalized spacial score (nSPS) is 18.0. The zero-order chi connectivity index (χ0) is 42.9. The van der Waals surface area contributed by atoms with Crippen LogP contribution in [-0.2, 0) is 0 Å². The summed E-state index contributed by atoms with van der Waals surface area (Å²) in [5, 5.41) is 3.60. The molecule has 3 nitrogen and oxygen atoms in total. The maximum absolute atomic E-state index is 3.60. The van der Waals surface area contributed by atoms with Gasteiger partial charge in [0.25, 0.3) is 0 Å². The Morgan fingerprint density at radius 2 is 0.984 bits per heavy atom. The fourth-order valence-electron chi connectivity index (χ4n) is 9.26. The van der Waals surface area contributed by atoms with Crippen LogP contribution in [0.5, 0.6) is 0 Å². The maximum Gasteiger partial charge on any atom is 0.0511 e. The summed E-state index contributed by atoms with van der Waals surface area (Å²) in [6.45, 7) is 0. The fourth-order valence-corrected chi connectivity index (χ4v) is 9.26. The van der Waals surface area contributed by atoms with E-state index in [-0.39, 0.29) is 6.04 Å². The third-order valence-electron chi connectivity index (χ3n) is 12.8. The molecule has 64 heavy (non-hydrogen) atoms. The average molecular weight is 828 g/mol. The summed E-state index contributed by atoms with van der Waals surface area (Å²) in [5.74, 6) is 0.374. The van der Waals surface area contributed by atoms with Crippen LogP contribution < -0.4 is 15.1 Å². The lowest BCUT2D eigenvalue weighted by molar-refractivity contribution is 0.575. The summed E-state index contributed by atoms with van der Waals surface area (Å²) >= 11 is 0. The lowest BCUT2D eigenvalue weighted by Gasteiger charge is -2.31. The summed E-state index contributed by atoms with van der Waals surface area (Å²) in [5.41, 5.74) is 17.2. The van der Waals surface area contributed by atoms with Gasteiger partial charge in [0.2, 0.25) is 0 Å². The van der Waals surface area contributed by atoms with E-state index in [9.17, 15) is 0 Å². The molecule has 3 heteroatoms. The molecule has 1 heterocycles. The Kier molecular flexibility index (Phi) is 12.1. The predicted molar refractivity (Wildman–Crippen MR) is 271 cm³/mol. The van der Waals surface area contributed by atoms with Gasteiger partial charge in [-0.3, -0.25) is 0 Å². The van der Waals surface area contributed by atoms with Crippen molar-refractivity contribution in [2.24, 2.45) is 0 Å². The molecular weight excluding hydrogens is 775 g/mol. The van der Waals surface area contributed by atoms with Crippen molar-refractivity contribution >= 4 is 28.3 Å². The van der Waals surface area contributed by atoms with Crippen molar-refractivity contribution in [2.75, 3.05) is 9.80 Å². The van der Waals surface area contributed by atoms with Crippen LogP contribution in [0.4, 0.5) is 22.7 Å². The summed E-state index contributed by atoms with van der Waals surface area (Å²) in [6, 6.07) is 68.7. The standard InChI is InChI=1S/C61H53N3/c1-2-13-45-62-61(20-12-1)54-31-43-60(44-32-54)64(57-37-25-51(26-38-57)48-18-10-5-11-19-48)59-41-29-53(30-42-59)52-27-39-58(40-28-52)63(55-33-21-49(22-34-55)46-14-6-3-7-15-46)56-35-23-50(24-36-56)47-16-8-4-9-17-47/h1-11,13-19,21-23,25-29,31-41,43-45,50,61-62H,12,20,24,30,42H2/b2-1-,45-13+. The Morgan fingerprint density at radius 3 is 1.53 bits per heavy atom. The van der Waals surface area contributed by atoms with Crippen LogP contribution in [0.2, 0.25) is 0 Å². The van der Waals surface area contributed by atoms with E-state index in [2.05, 4.69) is 258 Å². The first-order valence-electron chi connectivity index (χ1n) is 22.8. The van der Waals surface area contributed by atoms with Gasteiger partial charge in [-0.1, -0.05) is 170 Å². The van der Waals surface area contributed by atoms with E-state index in [1.807, 2.05) is 0 Å². The van der Waals surface area contributed by atoms with Crippen LogP contribution in [0.1, 0.15) is 60.8 Å². The molecule has 7 aromatic rings. The smallest absolute Gasteiger partial charge is 0.0511 e. The number of nitrogens with one attached hydrogen (secondary N) is 1. The zero-order valence-corrected chi connectivity index (χ0v) is 36.2.